The van der Waals surface area contributed by atoms with Crippen molar-refractivity contribution in [1.82, 2.24) is 20.1 Å². The Labute approximate surface area is 171 Å². The molecule has 30 heavy (non-hydrogen) atoms. The van der Waals surface area contributed by atoms with Gasteiger partial charge in [0.25, 0.3) is 15.9 Å². The van der Waals surface area contributed by atoms with Crippen LogP contribution in [0.3, 0.4) is 0 Å². The first-order valence-electron chi connectivity index (χ1n) is 9.08. The molecule has 2 aromatic carbocycles. The molecule has 2 N–H and O–H groups in total. The number of benzene rings is 2. The van der Waals surface area contributed by atoms with Crippen molar-refractivity contribution in [1.29, 1.82) is 0 Å². The molecule has 0 radical (unpaired) electrons. The second-order valence-electron chi connectivity index (χ2n) is 6.83. The van der Waals surface area contributed by atoms with Crippen molar-refractivity contribution in [3.8, 4) is 0 Å². The Morgan fingerprint density at radius 1 is 1.10 bits per heavy atom. The number of anilines is 1. The van der Waals surface area contributed by atoms with E-state index in [9.17, 15) is 22.0 Å². The molecule has 0 spiro atoms. The first-order chi connectivity index (χ1) is 14.3. The number of halogens is 2. The molecule has 0 unspecified atom stereocenters. The first kappa shape index (κ1) is 20.0. The van der Waals surface area contributed by atoms with E-state index < -0.39 is 26.6 Å². The molecular weight excluding hydrogens is 416 g/mol. The molecule has 1 aliphatic carbocycles. The van der Waals surface area contributed by atoms with Crippen LogP contribution in [0, 0.1) is 11.6 Å². The summed E-state index contributed by atoms with van der Waals surface area (Å²) in [5, 5.41) is 10.6. The molecule has 156 valence electrons. The molecule has 0 saturated heterocycles. The average Bonchev–Trinajstić information content (AvgIpc) is 3.46. The van der Waals surface area contributed by atoms with Crippen LogP contribution in [0.2, 0.25) is 0 Å². The SMILES string of the molecule is O=C(NCc1nncn1C1CC1)c1ccc(NS(=O)(=O)c2ccc(F)c(F)c2)cc1. The summed E-state index contributed by atoms with van der Waals surface area (Å²) < 4.78 is 55.2. The molecule has 0 atom stereocenters. The van der Waals surface area contributed by atoms with Crippen LogP contribution in [0.5, 0.6) is 0 Å². The van der Waals surface area contributed by atoms with Crippen LogP contribution in [0.1, 0.15) is 35.1 Å². The highest BCUT2D eigenvalue weighted by atomic mass is 32.2. The molecule has 4 rings (SSSR count). The normalized spacial score (nSPS) is 13.8. The molecule has 0 aliphatic heterocycles. The highest BCUT2D eigenvalue weighted by molar-refractivity contribution is 7.92. The van der Waals surface area contributed by atoms with Gasteiger partial charge in [0.2, 0.25) is 0 Å². The molecule has 1 fully saturated rings. The Hall–Kier alpha value is -3.34. The zero-order valence-electron chi connectivity index (χ0n) is 15.5. The Balaban J connectivity index is 1.40. The number of amides is 1. The maximum absolute atomic E-state index is 13.3. The van der Waals surface area contributed by atoms with E-state index in [1.807, 2.05) is 4.57 Å². The predicted octanol–water partition coefficient (Wildman–Crippen LogP) is 2.62. The first-order valence-corrected chi connectivity index (χ1v) is 10.6. The topological polar surface area (TPSA) is 106 Å². The third-order valence-corrected chi connectivity index (χ3v) is 5.97. The van der Waals surface area contributed by atoms with Gasteiger partial charge >= 0.3 is 0 Å². The van der Waals surface area contributed by atoms with Gasteiger partial charge in [-0.1, -0.05) is 0 Å². The number of nitrogens with one attached hydrogen (secondary N) is 2. The van der Waals surface area contributed by atoms with Gasteiger partial charge in [-0.05, 0) is 55.3 Å². The number of carbonyl (C=O) groups excluding carboxylic acids is 1. The number of rotatable bonds is 7. The minimum absolute atomic E-state index is 0.171. The van der Waals surface area contributed by atoms with E-state index in [-0.39, 0.29) is 18.1 Å². The lowest BCUT2D eigenvalue weighted by atomic mass is 10.2. The van der Waals surface area contributed by atoms with Gasteiger partial charge in [0, 0.05) is 17.3 Å². The maximum atomic E-state index is 13.3. The van der Waals surface area contributed by atoms with Crippen molar-refractivity contribution >= 4 is 21.6 Å². The van der Waals surface area contributed by atoms with Crippen LogP contribution < -0.4 is 10.0 Å². The van der Waals surface area contributed by atoms with E-state index in [1.165, 1.54) is 24.3 Å². The molecule has 1 aromatic heterocycles. The van der Waals surface area contributed by atoms with Crippen LogP contribution in [-0.2, 0) is 16.6 Å². The van der Waals surface area contributed by atoms with Crippen LogP contribution in [0.4, 0.5) is 14.5 Å². The lowest BCUT2D eigenvalue weighted by Gasteiger charge is -2.10. The monoisotopic (exact) mass is 433 g/mol. The van der Waals surface area contributed by atoms with Crippen molar-refractivity contribution in [3.05, 3.63) is 71.8 Å². The van der Waals surface area contributed by atoms with Gasteiger partial charge in [0.1, 0.15) is 6.33 Å². The molecule has 11 heteroatoms. The van der Waals surface area contributed by atoms with Crippen LogP contribution in [0.25, 0.3) is 0 Å². The largest absolute Gasteiger partial charge is 0.345 e. The molecule has 0 bridgehead atoms. The van der Waals surface area contributed by atoms with Gasteiger partial charge in [-0.25, -0.2) is 17.2 Å². The molecule has 8 nitrogen and oxygen atoms in total. The standard InChI is InChI=1S/C19H17F2N5O3S/c20-16-8-7-15(9-17(16)21)30(28,29)25-13-3-1-12(2-4-13)19(27)22-10-18-24-23-11-26(18)14-5-6-14/h1-4,7-9,11,14,25H,5-6,10H2,(H,22,27). The Morgan fingerprint density at radius 2 is 1.83 bits per heavy atom. The number of nitrogens with zero attached hydrogens (tertiary/aromatic N) is 3. The second kappa shape index (κ2) is 7.82. The third-order valence-electron chi connectivity index (χ3n) is 4.60. The minimum Gasteiger partial charge on any atom is -0.345 e. The van der Waals surface area contributed by atoms with Gasteiger partial charge < -0.3 is 9.88 Å². The maximum Gasteiger partial charge on any atom is 0.261 e. The highest BCUT2D eigenvalue weighted by Crippen LogP contribution is 2.35. The Kier molecular flexibility index (Phi) is 5.20. The summed E-state index contributed by atoms with van der Waals surface area (Å²) in [5.74, 6) is -2.08. The number of aromatic nitrogens is 3. The predicted molar refractivity (Wildman–Crippen MR) is 103 cm³/mol. The molecular formula is C19H17F2N5O3S. The van der Waals surface area contributed by atoms with Crippen molar-refractivity contribution in [2.45, 2.75) is 30.3 Å². The molecule has 1 saturated carbocycles. The van der Waals surface area contributed by atoms with Gasteiger partial charge in [-0.2, -0.15) is 0 Å². The zero-order chi connectivity index (χ0) is 21.3. The van der Waals surface area contributed by atoms with E-state index in [1.54, 1.807) is 6.33 Å². The fourth-order valence-corrected chi connectivity index (χ4v) is 3.93. The van der Waals surface area contributed by atoms with E-state index in [0.717, 1.165) is 25.0 Å². The molecule has 3 aromatic rings. The van der Waals surface area contributed by atoms with Crippen molar-refractivity contribution in [2.75, 3.05) is 4.72 Å². The summed E-state index contributed by atoms with van der Waals surface area (Å²) in [4.78, 5) is 11.9. The van der Waals surface area contributed by atoms with Gasteiger partial charge in [-0.3, -0.25) is 9.52 Å². The highest BCUT2D eigenvalue weighted by Gasteiger charge is 2.26. The fraction of sp³-hybridized carbons (Fsp3) is 0.211. The van der Waals surface area contributed by atoms with E-state index >= 15 is 0 Å². The van der Waals surface area contributed by atoms with Crippen LogP contribution in [-0.4, -0.2) is 29.1 Å². The number of sulfonamides is 1. The van der Waals surface area contributed by atoms with Crippen molar-refractivity contribution in [3.63, 3.8) is 0 Å². The van der Waals surface area contributed by atoms with Gasteiger partial charge in [0.15, 0.2) is 17.5 Å². The van der Waals surface area contributed by atoms with Gasteiger partial charge in [0.05, 0.1) is 11.4 Å². The number of hydrogen-bond donors (Lipinski definition) is 2. The second-order valence-corrected chi connectivity index (χ2v) is 8.51. The Bertz CT molecular complexity index is 1190. The molecule has 1 heterocycles. The summed E-state index contributed by atoms with van der Waals surface area (Å²) in [6.07, 6.45) is 3.79. The number of hydrogen-bond acceptors (Lipinski definition) is 5. The quantitative estimate of drug-likeness (QED) is 0.596. The lowest BCUT2D eigenvalue weighted by Crippen LogP contribution is -2.24. The van der Waals surface area contributed by atoms with E-state index in [2.05, 4.69) is 20.2 Å². The zero-order valence-corrected chi connectivity index (χ0v) is 16.4. The summed E-state index contributed by atoms with van der Waals surface area (Å²) >= 11 is 0. The molecule has 1 amide bonds. The summed E-state index contributed by atoms with van der Waals surface area (Å²) in [6, 6.07) is 8.39. The van der Waals surface area contributed by atoms with Crippen molar-refractivity contribution in [2.24, 2.45) is 0 Å². The summed E-state index contributed by atoms with van der Waals surface area (Å²) in [6.45, 7) is 0.222. The molecule has 1 aliphatic rings. The lowest BCUT2D eigenvalue weighted by molar-refractivity contribution is 0.0949. The van der Waals surface area contributed by atoms with E-state index in [0.29, 0.717) is 23.5 Å². The number of carbonyl (C=O) groups is 1. The minimum atomic E-state index is -4.11. The summed E-state index contributed by atoms with van der Waals surface area (Å²) in [7, 11) is -4.11. The van der Waals surface area contributed by atoms with Crippen LogP contribution >= 0.6 is 0 Å². The average molecular weight is 433 g/mol. The smallest absolute Gasteiger partial charge is 0.261 e. The summed E-state index contributed by atoms with van der Waals surface area (Å²) in [5.41, 5.74) is 0.494. The fourth-order valence-electron chi connectivity index (χ4n) is 2.86. The van der Waals surface area contributed by atoms with Crippen molar-refractivity contribution < 1.29 is 22.0 Å². The van der Waals surface area contributed by atoms with Gasteiger partial charge in [-0.15, -0.1) is 10.2 Å². The van der Waals surface area contributed by atoms with E-state index in [4.69, 9.17) is 0 Å². The van der Waals surface area contributed by atoms with Crippen LogP contribution in [0.15, 0.2) is 53.7 Å². The Morgan fingerprint density at radius 3 is 2.50 bits per heavy atom. The third kappa shape index (κ3) is 4.30.